The van der Waals surface area contributed by atoms with Crippen LogP contribution in [-0.2, 0) is 4.79 Å². The number of nitrogens with two attached hydrogens (primary N) is 1. The molecule has 1 amide bonds. The predicted octanol–water partition coefficient (Wildman–Crippen LogP) is 1.81. The van der Waals surface area contributed by atoms with Crippen LogP contribution >= 0.6 is 0 Å². The minimum Gasteiger partial charge on any atom is -0.369 e. The van der Waals surface area contributed by atoms with Crippen molar-refractivity contribution in [2.45, 2.75) is 64.0 Å². The average Bonchev–Trinajstić information content (AvgIpc) is 2.87. The van der Waals surface area contributed by atoms with Crippen LogP contribution in [0.1, 0.15) is 51.9 Å². The number of carbonyl (C=O) groups excluding carboxylic acids is 1. The van der Waals surface area contributed by atoms with Crippen molar-refractivity contribution in [3.8, 4) is 0 Å². The Morgan fingerprint density at radius 3 is 2.75 bits per heavy atom. The maximum absolute atomic E-state index is 11.3. The Hall–Kier alpha value is -0.570. The molecule has 0 bridgehead atoms. The highest BCUT2D eigenvalue weighted by molar-refractivity contribution is 5.77. The summed E-state index contributed by atoms with van der Waals surface area (Å²) in [5, 5.41) is 3.67. The number of carbonyl (C=O) groups is 1. The fraction of sp³-hybridized carbons (Fsp3) is 0.923. The van der Waals surface area contributed by atoms with E-state index >= 15 is 0 Å². The maximum Gasteiger partial charge on any atom is 0.222 e. The van der Waals surface area contributed by atoms with Crippen molar-refractivity contribution in [2.24, 2.45) is 17.6 Å². The van der Waals surface area contributed by atoms with Gasteiger partial charge in [-0.3, -0.25) is 4.79 Å². The van der Waals surface area contributed by atoms with Crippen molar-refractivity contribution in [1.82, 2.24) is 5.32 Å². The summed E-state index contributed by atoms with van der Waals surface area (Å²) in [5.41, 5.74) is 5.44. The summed E-state index contributed by atoms with van der Waals surface area (Å²) >= 11 is 0. The summed E-state index contributed by atoms with van der Waals surface area (Å²) < 4.78 is 0. The Kier molecular flexibility index (Phi) is 3.85. The third-order valence-electron chi connectivity index (χ3n) is 4.45. The summed E-state index contributed by atoms with van der Waals surface area (Å²) in [6.45, 7) is 2.27. The number of amides is 1. The van der Waals surface area contributed by atoms with E-state index in [2.05, 4.69) is 12.2 Å². The van der Waals surface area contributed by atoms with Gasteiger partial charge in [0.1, 0.15) is 0 Å². The van der Waals surface area contributed by atoms with E-state index in [1.807, 2.05) is 0 Å². The third-order valence-corrected chi connectivity index (χ3v) is 4.45. The number of primary amides is 1. The quantitative estimate of drug-likeness (QED) is 0.765. The molecule has 2 aliphatic carbocycles. The summed E-state index contributed by atoms with van der Waals surface area (Å²) in [5.74, 6) is 0.867. The zero-order valence-corrected chi connectivity index (χ0v) is 10.2. The summed E-state index contributed by atoms with van der Waals surface area (Å²) in [7, 11) is 0. The van der Waals surface area contributed by atoms with Gasteiger partial charge < -0.3 is 11.1 Å². The second-order valence-electron chi connectivity index (χ2n) is 5.50. The van der Waals surface area contributed by atoms with Crippen molar-refractivity contribution < 1.29 is 4.79 Å². The first-order valence-corrected chi connectivity index (χ1v) is 6.76. The molecule has 2 saturated carbocycles. The Labute approximate surface area is 98.2 Å². The molecule has 0 heterocycles. The Bertz CT molecular complexity index is 254. The first-order chi connectivity index (χ1) is 7.70. The average molecular weight is 224 g/mol. The van der Waals surface area contributed by atoms with Gasteiger partial charge in [-0.1, -0.05) is 19.8 Å². The lowest BCUT2D eigenvalue weighted by Gasteiger charge is -2.23. The minimum atomic E-state index is -0.111. The molecule has 3 nitrogen and oxygen atoms in total. The van der Waals surface area contributed by atoms with Gasteiger partial charge in [-0.2, -0.15) is 0 Å². The molecule has 4 atom stereocenters. The normalized spacial score (nSPS) is 39.1. The summed E-state index contributed by atoms with van der Waals surface area (Å²) in [4.78, 5) is 11.3. The van der Waals surface area contributed by atoms with Gasteiger partial charge in [0.05, 0.1) is 5.92 Å². The van der Waals surface area contributed by atoms with Crippen molar-refractivity contribution >= 4 is 5.91 Å². The zero-order chi connectivity index (χ0) is 11.5. The molecule has 0 radical (unpaired) electrons. The van der Waals surface area contributed by atoms with E-state index in [4.69, 9.17) is 5.73 Å². The molecule has 0 saturated heterocycles. The topological polar surface area (TPSA) is 55.1 Å². The minimum absolute atomic E-state index is 0.0840. The van der Waals surface area contributed by atoms with E-state index in [1.54, 1.807) is 0 Å². The van der Waals surface area contributed by atoms with Gasteiger partial charge >= 0.3 is 0 Å². The Morgan fingerprint density at radius 1 is 1.31 bits per heavy atom. The molecule has 92 valence electrons. The van der Waals surface area contributed by atoms with Crippen LogP contribution in [0.25, 0.3) is 0 Å². The third kappa shape index (κ3) is 2.57. The highest BCUT2D eigenvalue weighted by atomic mass is 16.1. The van der Waals surface area contributed by atoms with Crippen LogP contribution < -0.4 is 11.1 Å². The van der Waals surface area contributed by atoms with E-state index in [9.17, 15) is 4.79 Å². The predicted molar refractivity (Wildman–Crippen MR) is 64.9 cm³/mol. The number of nitrogens with one attached hydrogen (secondary N) is 1. The molecule has 3 heteroatoms. The highest BCUT2D eigenvalue weighted by Gasteiger charge is 2.34. The largest absolute Gasteiger partial charge is 0.369 e. The van der Waals surface area contributed by atoms with Gasteiger partial charge in [0.25, 0.3) is 0 Å². The van der Waals surface area contributed by atoms with E-state index in [1.165, 1.54) is 25.7 Å². The molecule has 0 aromatic heterocycles. The SMILES string of the molecule is CCC1CCC(NC2CCCC2C(N)=O)C1. The molecule has 16 heavy (non-hydrogen) atoms. The van der Waals surface area contributed by atoms with Crippen LogP contribution in [-0.4, -0.2) is 18.0 Å². The molecule has 0 aliphatic heterocycles. The Morgan fingerprint density at radius 2 is 2.12 bits per heavy atom. The van der Waals surface area contributed by atoms with Gasteiger partial charge in [-0.05, 0) is 38.0 Å². The fourth-order valence-corrected chi connectivity index (χ4v) is 3.40. The number of hydrogen-bond acceptors (Lipinski definition) is 2. The summed E-state index contributed by atoms with van der Waals surface area (Å²) in [6.07, 6.45) is 8.47. The van der Waals surface area contributed by atoms with E-state index in [0.717, 1.165) is 25.2 Å². The van der Waals surface area contributed by atoms with Gasteiger partial charge in [0, 0.05) is 12.1 Å². The molecule has 3 N–H and O–H groups in total. The first-order valence-electron chi connectivity index (χ1n) is 6.76. The second-order valence-corrected chi connectivity index (χ2v) is 5.50. The highest BCUT2D eigenvalue weighted by Crippen LogP contribution is 2.31. The lowest BCUT2D eigenvalue weighted by molar-refractivity contribution is -0.122. The van der Waals surface area contributed by atoms with E-state index < -0.39 is 0 Å². The van der Waals surface area contributed by atoms with Crippen LogP contribution in [0.2, 0.25) is 0 Å². The van der Waals surface area contributed by atoms with Crippen molar-refractivity contribution in [1.29, 1.82) is 0 Å². The standard InChI is InChI=1S/C13H24N2O/c1-2-9-6-7-10(8-9)15-12-5-3-4-11(12)13(14)16/h9-12,15H,2-8H2,1H3,(H2,14,16). The first kappa shape index (κ1) is 11.9. The lowest BCUT2D eigenvalue weighted by Crippen LogP contribution is -2.43. The molecular formula is C13H24N2O. The molecular weight excluding hydrogens is 200 g/mol. The molecule has 2 rings (SSSR count). The molecule has 0 aromatic rings. The van der Waals surface area contributed by atoms with Crippen LogP contribution in [0, 0.1) is 11.8 Å². The van der Waals surface area contributed by atoms with Crippen molar-refractivity contribution in [3.63, 3.8) is 0 Å². The smallest absolute Gasteiger partial charge is 0.222 e. The van der Waals surface area contributed by atoms with Gasteiger partial charge in [-0.25, -0.2) is 0 Å². The number of rotatable bonds is 4. The van der Waals surface area contributed by atoms with Gasteiger partial charge in [0.15, 0.2) is 0 Å². The van der Waals surface area contributed by atoms with E-state index in [0.29, 0.717) is 12.1 Å². The van der Waals surface area contributed by atoms with Crippen molar-refractivity contribution in [2.75, 3.05) is 0 Å². The van der Waals surface area contributed by atoms with E-state index in [-0.39, 0.29) is 11.8 Å². The number of hydrogen-bond donors (Lipinski definition) is 2. The van der Waals surface area contributed by atoms with Crippen LogP contribution in [0.4, 0.5) is 0 Å². The van der Waals surface area contributed by atoms with Crippen LogP contribution in [0.5, 0.6) is 0 Å². The maximum atomic E-state index is 11.3. The zero-order valence-electron chi connectivity index (χ0n) is 10.2. The molecule has 4 unspecified atom stereocenters. The molecule has 2 aliphatic rings. The lowest BCUT2D eigenvalue weighted by atomic mass is 10.0. The molecule has 0 spiro atoms. The monoisotopic (exact) mass is 224 g/mol. The van der Waals surface area contributed by atoms with Crippen LogP contribution in [0.3, 0.4) is 0 Å². The molecule has 0 aromatic carbocycles. The van der Waals surface area contributed by atoms with Gasteiger partial charge in [-0.15, -0.1) is 0 Å². The van der Waals surface area contributed by atoms with Gasteiger partial charge in [0.2, 0.25) is 5.91 Å². The van der Waals surface area contributed by atoms with Crippen molar-refractivity contribution in [3.05, 3.63) is 0 Å². The van der Waals surface area contributed by atoms with Crippen LogP contribution in [0.15, 0.2) is 0 Å². The fourth-order valence-electron chi connectivity index (χ4n) is 3.40. The molecule has 2 fully saturated rings. The second kappa shape index (κ2) is 5.17. The Balaban J connectivity index is 1.83. The summed E-state index contributed by atoms with van der Waals surface area (Å²) in [6, 6.07) is 0.994.